The Morgan fingerprint density at radius 2 is 1.78 bits per heavy atom. The maximum Gasteiger partial charge on any atom is 0.433 e. The van der Waals surface area contributed by atoms with E-state index in [1.165, 1.54) is 12.1 Å². The molecule has 0 amide bonds. The lowest BCUT2D eigenvalue weighted by molar-refractivity contribution is -0.141. The van der Waals surface area contributed by atoms with Crippen LogP contribution in [0.2, 0.25) is 0 Å². The molecule has 1 heterocycles. The van der Waals surface area contributed by atoms with Crippen LogP contribution in [0.15, 0.2) is 42.5 Å². The molecule has 1 aromatic carbocycles. The average Bonchev–Trinajstić information content (AvgIpc) is 2.47. The number of aromatic nitrogens is 1. The maximum atomic E-state index is 12.8. The van der Waals surface area contributed by atoms with Crippen molar-refractivity contribution in [1.82, 2.24) is 4.98 Å². The second-order valence-electron chi connectivity index (χ2n) is 4.32. The Kier molecular flexibility index (Phi) is 4.63. The summed E-state index contributed by atoms with van der Waals surface area (Å²) in [6.45, 7) is 0. The van der Waals surface area contributed by atoms with E-state index in [4.69, 9.17) is 9.84 Å². The Morgan fingerprint density at radius 3 is 2.35 bits per heavy atom. The highest BCUT2D eigenvalue weighted by Crippen LogP contribution is 2.32. The van der Waals surface area contributed by atoms with Crippen LogP contribution in [0.3, 0.4) is 0 Å². The van der Waals surface area contributed by atoms with Gasteiger partial charge in [-0.3, -0.25) is 0 Å². The van der Waals surface area contributed by atoms with Crippen molar-refractivity contribution in [2.75, 3.05) is 0 Å². The van der Waals surface area contributed by atoms with E-state index in [1.54, 1.807) is 0 Å². The van der Waals surface area contributed by atoms with E-state index in [9.17, 15) is 22.4 Å². The van der Waals surface area contributed by atoms with E-state index in [1.807, 2.05) is 0 Å². The van der Waals surface area contributed by atoms with Gasteiger partial charge in [0, 0.05) is 11.6 Å². The summed E-state index contributed by atoms with van der Waals surface area (Å²) in [5, 5.41) is 8.60. The Labute approximate surface area is 127 Å². The minimum absolute atomic E-state index is 0.0322. The zero-order chi connectivity index (χ0) is 17.0. The number of carbonyl (C=O) groups is 1. The first-order valence-electron chi connectivity index (χ1n) is 6.18. The van der Waals surface area contributed by atoms with Gasteiger partial charge in [0.05, 0.1) is 0 Å². The number of carboxylic acid groups (broad SMARTS) is 1. The van der Waals surface area contributed by atoms with Gasteiger partial charge in [0.25, 0.3) is 0 Å². The molecule has 0 fully saturated rings. The first kappa shape index (κ1) is 16.5. The van der Waals surface area contributed by atoms with Gasteiger partial charge in [0.1, 0.15) is 17.3 Å². The lowest BCUT2D eigenvalue weighted by atomic mass is 10.2. The average molecular weight is 327 g/mol. The third kappa shape index (κ3) is 4.53. The highest BCUT2D eigenvalue weighted by atomic mass is 19.4. The molecule has 0 aliphatic rings. The van der Waals surface area contributed by atoms with E-state index in [2.05, 4.69) is 4.98 Å². The minimum atomic E-state index is -4.68. The maximum absolute atomic E-state index is 12.8. The molecule has 23 heavy (non-hydrogen) atoms. The van der Waals surface area contributed by atoms with E-state index in [0.29, 0.717) is 6.07 Å². The minimum Gasteiger partial charge on any atom is -0.478 e. The van der Waals surface area contributed by atoms with Crippen LogP contribution >= 0.6 is 0 Å². The van der Waals surface area contributed by atoms with Crippen molar-refractivity contribution in [2.24, 2.45) is 0 Å². The van der Waals surface area contributed by atoms with Crippen LogP contribution in [0.1, 0.15) is 11.3 Å². The molecule has 0 aliphatic carbocycles. The normalized spacial score (nSPS) is 11.7. The molecule has 0 radical (unpaired) electrons. The monoisotopic (exact) mass is 327 g/mol. The molecule has 4 nitrogen and oxygen atoms in total. The van der Waals surface area contributed by atoms with Gasteiger partial charge in [-0.2, -0.15) is 13.2 Å². The van der Waals surface area contributed by atoms with Crippen molar-refractivity contribution in [3.63, 3.8) is 0 Å². The van der Waals surface area contributed by atoms with Gasteiger partial charge in [-0.1, -0.05) is 0 Å². The first-order valence-corrected chi connectivity index (χ1v) is 6.18. The fourth-order valence-electron chi connectivity index (χ4n) is 1.59. The van der Waals surface area contributed by atoms with Crippen molar-refractivity contribution in [3.05, 3.63) is 59.5 Å². The Hall–Kier alpha value is -2.90. The molecular formula is C15H9F4NO3. The van der Waals surface area contributed by atoms with Crippen LogP contribution in [0.4, 0.5) is 17.6 Å². The summed E-state index contributed by atoms with van der Waals surface area (Å²) in [5.41, 5.74) is -1.16. The molecular weight excluding hydrogens is 318 g/mol. The molecule has 0 saturated heterocycles. The van der Waals surface area contributed by atoms with Gasteiger partial charge < -0.3 is 9.84 Å². The van der Waals surface area contributed by atoms with Gasteiger partial charge in [0.2, 0.25) is 5.88 Å². The highest BCUT2D eigenvalue weighted by Gasteiger charge is 2.33. The molecule has 2 rings (SSSR count). The van der Waals surface area contributed by atoms with Crippen LogP contribution in [-0.2, 0) is 11.0 Å². The largest absolute Gasteiger partial charge is 0.478 e. The number of halogens is 4. The van der Waals surface area contributed by atoms with Gasteiger partial charge >= 0.3 is 12.1 Å². The predicted octanol–water partition coefficient (Wildman–Crippen LogP) is 4.13. The third-order valence-corrected chi connectivity index (χ3v) is 2.61. The predicted molar refractivity (Wildman–Crippen MR) is 72.4 cm³/mol. The molecule has 0 spiro atoms. The molecule has 0 unspecified atom stereocenters. The fraction of sp³-hybridized carbons (Fsp3) is 0.0667. The SMILES string of the molecule is O=C(O)/C=C/c1ccc(C(F)(F)F)nc1Oc1ccc(F)cc1. The van der Waals surface area contributed by atoms with E-state index < -0.39 is 29.5 Å². The van der Waals surface area contributed by atoms with Crippen LogP contribution < -0.4 is 4.74 Å². The van der Waals surface area contributed by atoms with Crippen LogP contribution in [0.25, 0.3) is 6.08 Å². The molecule has 2 aromatic rings. The summed E-state index contributed by atoms with van der Waals surface area (Å²) >= 11 is 0. The number of alkyl halides is 3. The number of hydrogen-bond donors (Lipinski definition) is 1. The quantitative estimate of drug-likeness (QED) is 0.677. The Bertz CT molecular complexity index is 739. The number of hydrogen-bond acceptors (Lipinski definition) is 3. The summed E-state index contributed by atoms with van der Waals surface area (Å²) in [6, 6.07) is 6.29. The second kappa shape index (κ2) is 6.47. The van der Waals surface area contributed by atoms with Crippen molar-refractivity contribution >= 4 is 12.0 Å². The number of benzene rings is 1. The lowest BCUT2D eigenvalue weighted by Crippen LogP contribution is -2.09. The van der Waals surface area contributed by atoms with Crippen molar-refractivity contribution in [3.8, 4) is 11.6 Å². The topological polar surface area (TPSA) is 59.4 Å². The number of nitrogens with zero attached hydrogens (tertiary/aromatic N) is 1. The first-order chi connectivity index (χ1) is 10.8. The summed E-state index contributed by atoms with van der Waals surface area (Å²) < 4.78 is 56.2. The van der Waals surface area contributed by atoms with Gasteiger partial charge in [0.15, 0.2) is 0 Å². The molecule has 8 heteroatoms. The Morgan fingerprint density at radius 1 is 1.13 bits per heavy atom. The van der Waals surface area contributed by atoms with Gasteiger partial charge in [-0.05, 0) is 42.5 Å². The zero-order valence-corrected chi connectivity index (χ0v) is 11.3. The van der Waals surface area contributed by atoms with Gasteiger partial charge in [-0.25, -0.2) is 14.2 Å². The smallest absolute Gasteiger partial charge is 0.433 e. The molecule has 0 bridgehead atoms. The molecule has 1 aromatic heterocycles. The number of ether oxygens (including phenoxy) is 1. The molecule has 120 valence electrons. The highest BCUT2D eigenvalue weighted by molar-refractivity contribution is 5.85. The number of rotatable bonds is 4. The second-order valence-corrected chi connectivity index (χ2v) is 4.32. The number of carboxylic acids is 1. The summed E-state index contributed by atoms with van der Waals surface area (Å²) in [6.07, 6.45) is -2.90. The van der Waals surface area contributed by atoms with Crippen LogP contribution in [0.5, 0.6) is 11.6 Å². The standard InChI is InChI=1S/C15H9F4NO3/c16-10-3-5-11(6-4-10)23-14-9(2-8-13(21)22)1-7-12(20-14)15(17,18)19/h1-8H,(H,21,22)/b8-2+. The lowest BCUT2D eigenvalue weighted by Gasteiger charge is -2.11. The van der Waals surface area contributed by atoms with Crippen molar-refractivity contribution in [1.29, 1.82) is 0 Å². The van der Waals surface area contributed by atoms with E-state index in [-0.39, 0.29) is 11.3 Å². The summed E-state index contributed by atoms with van der Waals surface area (Å²) in [4.78, 5) is 13.9. The fourth-order valence-corrected chi connectivity index (χ4v) is 1.59. The number of pyridine rings is 1. The Balaban J connectivity index is 2.42. The molecule has 1 N–H and O–H groups in total. The van der Waals surface area contributed by atoms with Crippen molar-refractivity contribution < 1.29 is 32.2 Å². The number of aliphatic carboxylic acids is 1. The summed E-state index contributed by atoms with van der Waals surface area (Å²) in [5.74, 6) is -2.20. The van der Waals surface area contributed by atoms with Crippen molar-refractivity contribution in [2.45, 2.75) is 6.18 Å². The summed E-state index contributed by atoms with van der Waals surface area (Å²) in [7, 11) is 0. The molecule has 0 saturated carbocycles. The molecule has 0 atom stereocenters. The van der Waals surface area contributed by atoms with E-state index >= 15 is 0 Å². The molecule has 0 aliphatic heterocycles. The van der Waals surface area contributed by atoms with Crippen LogP contribution in [0, 0.1) is 5.82 Å². The zero-order valence-electron chi connectivity index (χ0n) is 11.3. The van der Waals surface area contributed by atoms with Gasteiger partial charge in [-0.15, -0.1) is 0 Å². The third-order valence-electron chi connectivity index (χ3n) is 2.61. The van der Waals surface area contributed by atoms with E-state index in [0.717, 1.165) is 30.4 Å². The van der Waals surface area contributed by atoms with Crippen LogP contribution in [-0.4, -0.2) is 16.1 Å².